The Balaban J connectivity index is 1.47. The summed E-state index contributed by atoms with van der Waals surface area (Å²) in [6.45, 7) is 7.10. The van der Waals surface area contributed by atoms with Crippen LogP contribution in [0.25, 0.3) is 11.2 Å². The Kier molecular flexibility index (Phi) is 7.85. The number of hydrogen-bond donors (Lipinski definition) is 4. The lowest BCUT2D eigenvalue weighted by Crippen LogP contribution is -2.48. The summed E-state index contributed by atoms with van der Waals surface area (Å²) >= 11 is 0. The van der Waals surface area contributed by atoms with E-state index in [1.165, 1.54) is 10.9 Å². The molecule has 36 heavy (non-hydrogen) atoms. The fourth-order valence-corrected chi connectivity index (χ4v) is 4.10. The molecule has 2 amide bonds. The molecule has 14 heteroatoms. The number of ether oxygens (including phenoxy) is 2. The maximum absolute atomic E-state index is 12.2. The van der Waals surface area contributed by atoms with Gasteiger partial charge in [0.25, 0.3) is 5.91 Å². The Morgan fingerprint density at radius 2 is 1.97 bits per heavy atom. The van der Waals surface area contributed by atoms with E-state index in [0.717, 1.165) is 0 Å². The molecule has 0 aromatic carbocycles. The van der Waals surface area contributed by atoms with Gasteiger partial charge >= 0.3 is 6.09 Å². The van der Waals surface area contributed by atoms with Crippen LogP contribution in [0.15, 0.2) is 6.33 Å². The lowest BCUT2D eigenvalue weighted by atomic mass is 10.1. The quantitative estimate of drug-likeness (QED) is 0.342. The second-order valence-electron chi connectivity index (χ2n) is 8.34. The zero-order valence-corrected chi connectivity index (χ0v) is 20.1. The van der Waals surface area contributed by atoms with Crippen LogP contribution in [-0.2, 0) is 14.3 Å². The monoisotopic (exact) mass is 502 g/mol. The molecule has 2 saturated heterocycles. The maximum Gasteiger partial charge on any atom is 0.409 e. The Hall–Kier alpha value is -3.51. The third-order valence-electron chi connectivity index (χ3n) is 5.97. The molecule has 2 fully saturated rings. The zero-order valence-electron chi connectivity index (χ0n) is 20.1. The van der Waals surface area contributed by atoms with Crippen molar-refractivity contribution in [3.05, 3.63) is 12.2 Å². The molecule has 4 atom stereocenters. The number of carbonyl (C=O) groups is 2. The smallest absolute Gasteiger partial charge is 0.409 e. The van der Waals surface area contributed by atoms with E-state index in [9.17, 15) is 19.8 Å². The molecule has 194 valence electrons. The largest absolute Gasteiger partial charge is 0.450 e. The van der Waals surface area contributed by atoms with Gasteiger partial charge in [0.05, 0.1) is 19.5 Å². The molecule has 0 radical (unpaired) electrons. The number of rotatable bonds is 5. The van der Waals surface area contributed by atoms with Crippen LogP contribution in [0.1, 0.15) is 25.9 Å². The highest BCUT2D eigenvalue weighted by molar-refractivity contribution is 5.83. The lowest BCUT2D eigenvalue weighted by molar-refractivity contribution is -0.137. The van der Waals surface area contributed by atoms with Crippen molar-refractivity contribution in [3.63, 3.8) is 0 Å². The van der Waals surface area contributed by atoms with Gasteiger partial charge in [-0.3, -0.25) is 14.3 Å². The number of nitrogen functional groups attached to an aromatic ring is 1. The molecule has 0 bridgehead atoms. The highest BCUT2D eigenvalue weighted by Gasteiger charge is 2.47. The standard InChI is InChI=1S/C22H30N8O6/c1-3-24-20(33)17-15(31)16(32)21(36-17)30-12-25-14-18(23)26-13(27-19(14)30)6-5-7-28-8-10-29(11-9-28)22(34)35-4-2/h12,15-17,21,31-32H,3-4,7-11H2,1-2H3,(H,24,33)(H2,23,26,27)/t15-,16+,17-,21+/m0/s1. The van der Waals surface area contributed by atoms with Crippen molar-refractivity contribution in [1.82, 2.24) is 34.6 Å². The van der Waals surface area contributed by atoms with Crippen LogP contribution in [-0.4, -0.2) is 116 Å². The number of hydrogen-bond acceptors (Lipinski definition) is 11. The first-order chi connectivity index (χ1) is 17.3. The van der Waals surface area contributed by atoms with Crippen molar-refractivity contribution >= 4 is 29.0 Å². The number of aliphatic hydroxyl groups is 2. The van der Waals surface area contributed by atoms with Gasteiger partial charge in [-0.15, -0.1) is 0 Å². The van der Waals surface area contributed by atoms with Gasteiger partial charge in [0.15, 0.2) is 23.8 Å². The molecule has 0 aliphatic carbocycles. The number of piperazine rings is 1. The van der Waals surface area contributed by atoms with Gasteiger partial charge in [-0.25, -0.2) is 19.7 Å². The number of nitrogens with two attached hydrogens (primary N) is 1. The number of fused-ring (bicyclic) bond motifs is 1. The summed E-state index contributed by atoms with van der Waals surface area (Å²) in [6, 6.07) is 0. The molecule has 0 saturated carbocycles. The SMILES string of the molecule is CCNC(=O)[C@H]1O[C@@H](n2cnc3c(N)nc(C#CCN4CCN(C(=O)OCC)CC4)nc32)[C@H](O)[C@@H]1O. The van der Waals surface area contributed by atoms with Crippen LogP contribution < -0.4 is 11.1 Å². The van der Waals surface area contributed by atoms with Crippen molar-refractivity contribution in [3.8, 4) is 11.8 Å². The van der Waals surface area contributed by atoms with Crippen molar-refractivity contribution in [2.45, 2.75) is 38.4 Å². The molecule has 0 spiro atoms. The minimum Gasteiger partial charge on any atom is -0.450 e. The summed E-state index contributed by atoms with van der Waals surface area (Å²) in [5.74, 6) is 5.64. The van der Waals surface area contributed by atoms with Gasteiger partial charge in [0.2, 0.25) is 5.82 Å². The van der Waals surface area contributed by atoms with Crippen molar-refractivity contribution in [2.75, 3.05) is 51.6 Å². The predicted molar refractivity (Wildman–Crippen MR) is 126 cm³/mol. The van der Waals surface area contributed by atoms with Gasteiger partial charge in [0.1, 0.15) is 17.7 Å². The third-order valence-corrected chi connectivity index (χ3v) is 5.97. The number of amides is 2. The van der Waals surface area contributed by atoms with Gasteiger partial charge in [-0.2, -0.15) is 0 Å². The molecular formula is C22H30N8O6. The fourth-order valence-electron chi connectivity index (χ4n) is 4.10. The summed E-state index contributed by atoms with van der Waals surface area (Å²) in [5.41, 5.74) is 6.59. The molecule has 5 N–H and O–H groups in total. The number of aliphatic hydroxyl groups excluding tert-OH is 2. The lowest BCUT2D eigenvalue weighted by Gasteiger charge is -2.32. The first-order valence-electron chi connectivity index (χ1n) is 11.8. The van der Waals surface area contributed by atoms with Crippen LogP contribution in [0.3, 0.4) is 0 Å². The number of nitrogens with zero attached hydrogens (tertiary/aromatic N) is 6. The zero-order chi connectivity index (χ0) is 25.8. The van der Waals surface area contributed by atoms with E-state index in [1.54, 1.807) is 18.7 Å². The van der Waals surface area contributed by atoms with Crippen LogP contribution in [0, 0.1) is 11.8 Å². The summed E-state index contributed by atoms with van der Waals surface area (Å²) in [7, 11) is 0. The summed E-state index contributed by atoms with van der Waals surface area (Å²) in [4.78, 5) is 40.6. The van der Waals surface area contributed by atoms with Crippen LogP contribution in [0.2, 0.25) is 0 Å². The van der Waals surface area contributed by atoms with E-state index < -0.39 is 30.4 Å². The average Bonchev–Trinajstić information content (AvgIpc) is 3.41. The number of likely N-dealkylation sites (N-methyl/N-ethyl adjacent to an activating group) is 1. The Labute approximate surface area is 207 Å². The van der Waals surface area contributed by atoms with E-state index in [2.05, 4.69) is 37.0 Å². The minimum atomic E-state index is -1.43. The molecule has 4 heterocycles. The van der Waals surface area contributed by atoms with E-state index in [1.807, 2.05) is 0 Å². The second-order valence-corrected chi connectivity index (χ2v) is 8.34. The summed E-state index contributed by atoms with van der Waals surface area (Å²) in [6.07, 6.45) is -4.13. The molecule has 2 aliphatic rings. The Bertz CT molecular complexity index is 1170. The number of nitrogens with one attached hydrogen (secondary N) is 1. The van der Waals surface area contributed by atoms with E-state index in [0.29, 0.717) is 45.9 Å². The van der Waals surface area contributed by atoms with Crippen LogP contribution in [0.5, 0.6) is 0 Å². The normalized spacial score (nSPS) is 24.4. The molecule has 2 aliphatic heterocycles. The molecule has 2 aromatic heterocycles. The summed E-state index contributed by atoms with van der Waals surface area (Å²) in [5, 5.41) is 23.4. The van der Waals surface area contributed by atoms with Gasteiger partial charge in [-0.05, 0) is 19.8 Å². The van der Waals surface area contributed by atoms with E-state index >= 15 is 0 Å². The molecular weight excluding hydrogens is 472 g/mol. The number of imidazole rings is 1. The van der Waals surface area contributed by atoms with E-state index in [-0.39, 0.29) is 28.9 Å². The van der Waals surface area contributed by atoms with Crippen molar-refractivity contribution < 1.29 is 29.3 Å². The first-order valence-corrected chi connectivity index (χ1v) is 11.8. The number of aromatic nitrogens is 4. The molecule has 2 aromatic rings. The Morgan fingerprint density at radius 1 is 1.22 bits per heavy atom. The molecule has 0 unspecified atom stereocenters. The van der Waals surface area contributed by atoms with Gasteiger partial charge < -0.3 is 35.6 Å². The first kappa shape index (κ1) is 25.6. The topological polar surface area (TPSA) is 181 Å². The van der Waals surface area contributed by atoms with Gasteiger partial charge in [0, 0.05) is 32.7 Å². The summed E-state index contributed by atoms with van der Waals surface area (Å²) < 4.78 is 12.1. The van der Waals surface area contributed by atoms with Gasteiger partial charge in [-0.1, -0.05) is 5.92 Å². The Morgan fingerprint density at radius 3 is 2.67 bits per heavy atom. The number of carbonyl (C=O) groups excluding carboxylic acids is 2. The highest BCUT2D eigenvalue weighted by atomic mass is 16.6. The van der Waals surface area contributed by atoms with Crippen molar-refractivity contribution in [2.24, 2.45) is 0 Å². The fraction of sp³-hybridized carbons (Fsp3) is 0.591. The third kappa shape index (κ3) is 5.19. The number of anilines is 1. The van der Waals surface area contributed by atoms with Crippen LogP contribution in [0.4, 0.5) is 10.6 Å². The maximum atomic E-state index is 12.2. The van der Waals surface area contributed by atoms with E-state index in [4.69, 9.17) is 15.2 Å². The molecule has 14 nitrogen and oxygen atoms in total. The highest BCUT2D eigenvalue weighted by Crippen LogP contribution is 2.32. The average molecular weight is 503 g/mol. The second kappa shape index (κ2) is 11.0. The predicted octanol–water partition coefficient (Wildman–Crippen LogP) is -1.71. The van der Waals surface area contributed by atoms with Crippen molar-refractivity contribution in [1.29, 1.82) is 0 Å². The molecule has 4 rings (SSSR count). The minimum absolute atomic E-state index is 0.0967. The van der Waals surface area contributed by atoms with Crippen LogP contribution >= 0.6 is 0 Å².